The van der Waals surface area contributed by atoms with Crippen LogP contribution in [0.25, 0.3) is 10.9 Å². The Morgan fingerprint density at radius 1 is 1.26 bits per heavy atom. The lowest BCUT2D eigenvalue weighted by molar-refractivity contribution is -0.136. The molecule has 0 amide bonds. The van der Waals surface area contributed by atoms with Crippen molar-refractivity contribution in [3.63, 3.8) is 0 Å². The Hall–Kier alpha value is -1.98. The number of aromatic nitrogens is 1. The van der Waals surface area contributed by atoms with E-state index in [1.165, 1.54) is 12.8 Å². The Morgan fingerprint density at radius 2 is 2.00 bits per heavy atom. The minimum absolute atomic E-state index is 0.0477. The second kappa shape index (κ2) is 5.91. The fourth-order valence-corrected chi connectivity index (χ4v) is 2.88. The molecule has 2 aromatic rings. The van der Waals surface area contributed by atoms with Crippen molar-refractivity contribution in [2.45, 2.75) is 32.4 Å². The molecule has 23 heavy (non-hydrogen) atoms. The lowest BCUT2D eigenvalue weighted by atomic mass is 10.1. The van der Waals surface area contributed by atoms with Gasteiger partial charge in [0.2, 0.25) is 5.56 Å². The maximum Gasteiger partial charge on any atom is 0.417 e. The van der Waals surface area contributed by atoms with Crippen molar-refractivity contribution in [2.24, 2.45) is 5.92 Å². The van der Waals surface area contributed by atoms with Gasteiger partial charge in [-0.15, -0.1) is 0 Å². The predicted molar refractivity (Wildman–Crippen MR) is 84.8 cm³/mol. The number of nitrogens with zero attached hydrogens (tertiary/aromatic N) is 1. The van der Waals surface area contributed by atoms with Crippen LogP contribution in [-0.2, 0) is 6.18 Å². The first-order valence-electron chi connectivity index (χ1n) is 7.87. The van der Waals surface area contributed by atoms with Crippen LogP contribution in [0.1, 0.15) is 31.7 Å². The monoisotopic (exact) mass is 324 g/mol. The van der Waals surface area contributed by atoms with Gasteiger partial charge in [0.1, 0.15) is 0 Å². The first-order valence-corrected chi connectivity index (χ1v) is 7.87. The smallest absolute Gasteiger partial charge is 0.371 e. The van der Waals surface area contributed by atoms with E-state index in [0.717, 1.165) is 25.2 Å². The van der Waals surface area contributed by atoms with Gasteiger partial charge in [0.25, 0.3) is 0 Å². The molecule has 1 aliphatic carbocycles. The van der Waals surface area contributed by atoms with E-state index < -0.39 is 17.3 Å². The lowest BCUT2D eigenvalue weighted by Gasteiger charge is -2.25. The fraction of sp³-hybridized carbons (Fsp3) is 0.471. The van der Waals surface area contributed by atoms with E-state index in [0.29, 0.717) is 12.0 Å². The summed E-state index contributed by atoms with van der Waals surface area (Å²) in [5.74, 6) is 0.648. The average Bonchev–Trinajstić information content (AvgIpc) is 3.28. The number of fused-ring (bicyclic) bond motifs is 1. The molecule has 0 radical (unpaired) electrons. The van der Waals surface area contributed by atoms with Crippen molar-refractivity contribution in [1.29, 1.82) is 0 Å². The van der Waals surface area contributed by atoms with Crippen LogP contribution in [0.15, 0.2) is 29.1 Å². The molecule has 124 valence electrons. The van der Waals surface area contributed by atoms with Crippen LogP contribution in [0.2, 0.25) is 0 Å². The third-order valence-electron chi connectivity index (χ3n) is 4.17. The van der Waals surface area contributed by atoms with E-state index in [4.69, 9.17) is 0 Å². The van der Waals surface area contributed by atoms with Crippen LogP contribution in [0.5, 0.6) is 0 Å². The van der Waals surface area contributed by atoms with Crippen LogP contribution >= 0.6 is 0 Å². The first-order chi connectivity index (χ1) is 10.9. The lowest BCUT2D eigenvalue weighted by Crippen LogP contribution is -2.26. The first kappa shape index (κ1) is 15.9. The van der Waals surface area contributed by atoms with E-state index >= 15 is 0 Å². The number of anilines is 1. The summed E-state index contributed by atoms with van der Waals surface area (Å²) in [5, 5.41) is 0.0477. The summed E-state index contributed by atoms with van der Waals surface area (Å²) < 4.78 is 39.7. The maximum absolute atomic E-state index is 13.2. The zero-order valence-electron chi connectivity index (χ0n) is 12.9. The topological polar surface area (TPSA) is 36.1 Å². The molecule has 1 saturated carbocycles. The molecular weight excluding hydrogens is 305 g/mol. The highest BCUT2D eigenvalue weighted by molar-refractivity contribution is 5.86. The number of aromatic amines is 1. The molecule has 1 N–H and O–H groups in total. The molecule has 0 saturated heterocycles. The molecule has 1 fully saturated rings. The molecule has 0 spiro atoms. The summed E-state index contributed by atoms with van der Waals surface area (Å²) >= 11 is 0. The summed E-state index contributed by atoms with van der Waals surface area (Å²) in [5.41, 5.74) is -0.609. The predicted octanol–water partition coefficient (Wildman–Crippen LogP) is 4.17. The van der Waals surface area contributed by atoms with Gasteiger partial charge in [0.05, 0.1) is 5.56 Å². The minimum atomic E-state index is -4.54. The number of nitrogens with one attached hydrogen (secondary N) is 1. The van der Waals surface area contributed by atoms with Gasteiger partial charge in [-0.2, -0.15) is 13.2 Å². The van der Waals surface area contributed by atoms with E-state index in [1.807, 2.05) is 0 Å². The molecule has 1 aromatic heterocycles. The number of hydrogen-bond acceptors (Lipinski definition) is 2. The number of alkyl halides is 3. The Labute approximate surface area is 132 Å². The number of H-pyrrole nitrogens is 1. The molecule has 0 aliphatic heterocycles. The van der Waals surface area contributed by atoms with Crippen LogP contribution < -0.4 is 10.5 Å². The van der Waals surface area contributed by atoms with Gasteiger partial charge in [-0.3, -0.25) is 4.79 Å². The number of benzene rings is 1. The molecule has 1 aromatic carbocycles. The molecule has 0 atom stereocenters. The Balaban J connectivity index is 2.08. The molecule has 3 rings (SSSR count). The zero-order valence-corrected chi connectivity index (χ0v) is 12.9. The largest absolute Gasteiger partial charge is 0.417 e. The summed E-state index contributed by atoms with van der Waals surface area (Å²) in [7, 11) is 0. The van der Waals surface area contributed by atoms with Crippen molar-refractivity contribution in [3.05, 3.63) is 40.2 Å². The second-order valence-corrected chi connectivity index (χ2v) is 6.16. The van der Waals surface area contributed by atoms with Gasteiger partial charge in [-0.1, -0.05) is 6.92 Å². The number of halogens is 3. The van der Waals surface area contributed by atoms with Gasteiger partial charge >= 0.3 is 6.18 Å². The highest BCUT2D eigenvalue weighted by atomic mass is 19.4. The molecule has 0 bridgehead atoms. The highest BCUT2D eigenvalue weighted by Crippen LogP contribution is 2.36. The van der Waals surface area contributed by atoms with Crippen LogP contribution in [-0.4, -0.2) is 18.1 Å². The van der Waals surface area contributed by atoms with Crippen molar-refractivity contribution in [1.82, 2.24) is 4.98 Å². The van der Waals surface area contributed by atoms with E-state index in [2.05, 4.69) is 16.8 Å². The minimum Gasteiger partial charge on any atom is -0.371 e. The summed E-state index contributed by atoms with van der Waals surface area (Å²) in [6, 6.07) is 5.54. The maximum atomic E-state index is 13.2. The number of hydrogen-bond donors (Lipinski definition) is 1. The number of rotatable bonds is 5. The van der Waals surface area contributed by atoms with E-state index in [-0.39, 0.29) is 10.9 Å². The third kappa shape index (κ3) is 3.51. The van der Waals surface area contributed by atoms with Crippen molar-refractivity contribution >= 4 is 16.6 Å². The zero-order chi connectivity index (χ0) is 16.6. The molecule has 1 heterocycles. The summed E-state index contributed by atoms with van der Waals surface area (Å²) in [6.45, 7) is 3.75. The Morgan fingerprint density at radius 3 is 2.61 bits per heavy atom. The van der Waals surface area contributed by atoms with Gasteiger partial charge in [0.15, 0.2) is 0 Å². The van der Waals surface area contributed by atoms with Crippen molar-refractivity contribution in [2.75, 3.05) is 18.0 Å². The standard InChI is InChI=1S/C17H19F3N2O/c1-2-7-22(10-11-3-4-11)12-5-6-15-13(8-12)14(17(18,19)20)9-16(23)21-15/h5-6,8-9,11H,2-4,7,10H2,1H3,(H,21,23). The van der Waals surface area contributed by atoms with Crippen molar-refractivity contribution < 1.29 is 13.2 Å². The van der Waals surface area contributed by atoms with Crippen LogP contribution in [0.4, 0.5) is 18.9 Å². The number of pyridine rings is 1. The Bertz CT molecular complexity index is 763. The molecule has 1 aliphatic rings. The van der Waals surface area contributed by atoms with Gasteiger partial charge in [-0.25, -0.2) is 0 Å². The molecule has 6 heteroatoms. The summed E-state index contributed by atoms with van der Waals surface area (Å²) in [4.78, 5) is 16.1. The van der Waals surface area contributed by atoms with Gasteiger partial charge < -0.3 is 9.88 Å². The van der Waals surface area contributed by atoms with Crippen LogP contribution in [0, 0.1) is 5.92 Å². The molecular formula is C17H19F3N2O. The Kier molecular flexibility index (Phi) is 4.08. The average molecular weight is 324 g/mol. The highest BCUT2D eigenvalue weighted by Gasteiger charge is 2.33. The van der Waals surface area contributed by atoms with E-state index in [1.54, 1.807) is 18.2 Å². The van der Waals surface area contributed by atoms with Crippen LogP contribution in [0.3, 0.4) is 0 Å². The molecule has 0 unspecified atom stereocenters. The van der Waals surface area contributed by atoms with Gasteiger partial charge in [-0.05, 0) is 43.4 Å². The quantitative estimate of drug-likeness (QED) is 0.896. The SMILES string of the molecule is CCCN(CC1CC1)c1ccc2[nH]c(=O)cc(C(F)(F)F)c2c1. The normalized spacial score (nSPS) is 15.1. The fourth-order valence-electron chi connectivity index (χ4n) is 2.88. The summed E-state index contributed by atoms with van der Waals surface area (Å²) in [6.07, 6.45) is -1.23. The molecule has 3 nitrogen and oxygen atoms in total. The third-order valence-corrected chi connectivity index (χ3v) is 4.17. The van der Waals surface area contributed by atoms with Crippen molar-refractivity contribution in [3.8, 4) is 0 Å². The second-order valence-electron chi connectivity index (χ2n) is 6.16. The van der Waals surface area contributed by atoms with Gasteiger partial charge in [0, 0.05) is 35.7 Å². The van der Waals surface area contributed by atoms with E-state index in [9.17, 15) is 18.0 Å².